The van der Waals surface area contributed by atoms with Gasteiger partial charge in [0.2, 0.25) is 0 Å². The second kappa shape index (κ2) is 9.58. The summed E-state index contributed by atoms with van der Waals surface area (Å²) in [5.74, 6) is 0.414. The van der Waals surface area contributed by atoms with E-state index in [1.54, 1.807) is 0 Å². The molecule has 0 fully saturated rings. The normalized spacial score (nSPS) is 20.2. The van der Waals surface area contributed by atoms with Crippen molar-refractivity contribution in [2.24, 2.45) is 11.7 Å². The van der Waals surface area contributed by atoms with Crippen molar-refractivity contribution < 1.29 is 5.11 Å². The van der Waals surface area contributed by atoms with Crippen LogP contribution in [-0.2, 0) is 19.3 Å². The fourth-order valence-corrected chi connectivity index (χ4v) is 4.01. The molecule has 0 saturated carbocycles. The molecule has 0 bridgehead atoms. The molecule has 3 N–H and O–H groups in total. The van der Waals surface area contributed by atoms with Crippen LogP contribution in [0.15, 0.2) is 18.2 Å². The molecular formula is C22H37NO. The number of hydrogen-bond donors (Lipinski definition) is 2. The van der Waals surface area contributed by atoms with Gasteiger partial charge in [-0.3, -0.25) is 0 Å². The summed E-state index contributed by atoms with van der Waals surface area (Å²) in [4.78, 5) is 0. The number of aryl methyl sites for hydroxylation is 3. The number of fused-ring (bicyclic) bond motifs is 1. The fraction of sp³-hybridized carbons (Fsp3) is 0.727. The molecule has 136 valence electrons. The van der Waals surface area contributed by atoms with Crippen LogP contribution in [-0.4, -0.2) is 17.3 Å². The maximum Gasteiger partial charge on any atom is 0.0611 e. The quantitative estimate of drug-likeness (QED) is 0.504. The summed E-state index contributed by atoms with van der Waals surface area (Å²) in [7, 11) is 0. The van der Waals surface area contributed by atoms with Crippen molar-refractivity contribution in [2.45, 2.75) is 90.0 Å². The van der Waals surface area contributed by atoms with Crippen LogP contribution in [0.2, 0.25) is 0 Å². The van der Waals surface area contributed by atoms with E-state index in [1.807, 2.05) is 6.92 Å². The van der Waals surface area contributed by atoms with E-state index in [2.05, 4.69) is 25.1 Å². The van der Waals surface area contributed by atoms with Crippen LogP contribution >= 0.6 is 0 Å². The zero-order valence-corrected chi connectivity index (χ0v) is 15.8. The molecule has 1 aromatic carbocycles. The monoisotopic (exact) mass is 331 g/mol. The number of aliphatic hydroxyl groups excluding tert-OH is 1. The summed E-state index contributed by atoms with van der Waals surface area (Å²) in [6, 6.07) is 7.12. The summed E-state index contributed by atoms with van der Waals surface area (Å²) >= 11 is 0. The molecule has 0 heterocycles. The third-order valence-corrected chi connectivity index (χ3v) is 5.89. The van der Waals surface area contributed by atoms with Crippen LogP contribution in [0.5, 0.6) is 0 Å². The maximum absolute atomic E-state index is 9.55. The molecule has 0 saturated heterocycles. The Morgan fingerprint density at radius 2 is 1.71 bits per heavy atom. The van der Waals surface area contributed by atoms with Gasteiger partial charge in [0.1, 0.15) is 0 Å². The lowest BCUT2D eigenvalue weighted by Gasteiger charge is -2.31. The van der Waals surface area contributed by atoms with E-state index in [0.29, 0.717) is 5.92 Å². The van der Waals surface area contributed by atoms with Crippen molar-refractivity contribution in [1.82, 2.24) is 0 Å². The van der Waals surface area contributed by atoms with Gasteiger partial charge in [-0.2, -0.15) is 0 Å². The van der Waals surface area contributed by atoms with Gasteiger partial charge in [-0.1, -0.05) is 57.2 Å². The third kappa shape index (κ3) is 5.60. The van der Waals surface area contributed by atoms with Crippen LogP contribution in [0.1, 0.15) is 81.9 Å². The minimum absolute atomic E-state index is 0.0806. The smallest absolute Gasteiger partial charge is 0.0611 e. The van der Waals surface area contributed by atoms with Gasteiger partial charge < -0.3 is 10.8 Å². The number of nitrogens with two attached hydrogens (primary N) is 1. The highest BCUT2D eigenvalue weighted by atomic mass is 16.3. The standard InChI is InChI=1S/C22H37NO/c1-3-4-5-6-7-8-9-18-10-11-19-12-14-21(22(2,23)17-24)15-13-20(19)16-18/h10-11,16,21,24H,3-9,12-15,17,23H2,1-2H3/t21-,22+/m1/s1. The Morgan fingerprint density at radius 3 is 2.42 bits per heavy atom. The molecule has 0 radical (unpaired) electrons. The van der Waals surface area contributed by atoms with Crippen LogP contribution < -0.4 is 5.73 Å². The fourth-order valence-electron chi connectivity index (χ4n) is 4.01. The zero-order chi connectivity index (χ0) is 17.4. The van der Waals surface area contributed by atoms with Gasteiger partial charge in [-0.15, -0.1) is 0 Å². The largest absolute Gasteiger partial charge is 0.394 e. The molecule has 2 nitrogen and oxygen atoms in total. The molecule has 2 atom stereocenters. The van der Waals surface area contributed by atoms with Gasteiger partial charge in [0.05, 0.1) is 6.61 Å². The van der Waals surface area contributed by atoms with Crippen molar-refractivity contribution in [3.05, 3.63) is 34.9 Å². The molecule has 1 aromatic rings. The average Bonchev–Trinajstić information content (AvgIpc) is 2.80. The predicted octanol–water partition coefficient (Wildman–Crippen LogP) is 4.79. The minimum atomic E-state index is -0.441. The maximum atomic E-state index is 9.55. The minimum Gasteiger partial charge on any atom is -0.394 e. The molecule has 2 heteroatoms. The molecule has 0 aromatic heterocycles. The van der Waals surface area contributed by atoms with Crippen molar-refractivity contribution in [3.63, 3.8) is 0 Å². The molecule has 0 unspecified atom stereocenters. The van der Waals surface area contributed by atoms with Crippen LogP contribution in [0, 0.1) is 5.92 Å². The zero-order valence-electron chi connectivity index (χ0n) is 15.8. The molecule has 0 aliphatic heterocycles. The molecule has 24 heavy (non-hydrogen) atoms. The van der Waals surface area contributed by atoms with Crippen molar-refractivity contribution in [1.29, 1.82) is 0 Å². The van der Waals surface area contributed by atoms with Crippen LogP contribution in [0.25, 0.3) is 0 Å². The first-order chi connectivity index (χ1) is 11.6. The Labute approximate surface area is 148 Å². The first-order valence-electron chi connectivity index (χ1n) is 10.1. The highest BCUT2D eigenvalue weighted by Crippen LogP contribution is 2.31. The Balaban J connectivity index is 1.86. The first-order valence-corrected chi connectivity index (χ1v) is 10.1. The Morgan fingerprint density at radius 1 is 1.04 bits per heavy atom. The molecule has 1 aliphatic rings. The average molecular weight is 332 g/mol. The second-order valence-corrected chi connectivity index (χ2v) is 8.06. The van der Waals surface area contributed by atoms with Gasteiger partial charge in [0, 0.05) is 5.54 Å². The van der Waals surface area contributed by atoms with E-state index in [1.165, 1.54) is 61.6 Å². The Kier molecular flexibility index (Phi) is 7.77. The lowest BCUT2D eigenvalue weighted by atomic mass is 9.81. The summed E-state index contributed by atoms with van der Waals surface area (Å²) in [6.07, 6.45) is 13.8. The number of aliphatic hydroxyl groups is 1. The predicted molar refractivity (Wildman–Crippen MR) is 103 cm³/mol. The summed E-state index contributed by atoms with van der Waals surface area (Å²) < 4.78 is 0. The van der Waals surface area contributed by atoms with E-state index >= 15 is 0 Å². The van der Waals surface area contributed by atoms with E-state index in [4.69, 9.17) is 5.73 Å². The van der Waals surface area contributed by atoms with Crippen molar-refractivity contribution in [2.75, 3.05) is 6.61 Å². The van der Waals surface area contributed by atoms with E-state index in [0.717, 1.165) is 25.7 Å². The number of benzene rings is 1. The molecule has 0 amide bonds. The Bertz CT molecular complexity index is 495. The van der Waals surface area contributed by atoms with Crippen molar-refractivity contribution in [3.8, 4) is 0 Å². The van der Waals surface area contributed by atoms with Gasteiger partial charge in [-0.05, 0) is 68.1 Å². The van der Waals surface area contributed by atoms with E-state index < -0.39 is 5.54 Å². The van der Waals surface area contributed by atoms with Gasteiger partial charge in [0.25, 0.3) is 0 Å². The lowest BCUT2D eigenvalue weighted by Crippen LogP contribution is -2.47. The first kappa shape index (κ1) is 19.5. The number of unbranched alkanes of at least 4 members (excludes halogenated alkanes) is 5. The SMILES string of the molecule is CCCCCCCCc1ccc2c(c1)CC[C@H]([C@@](C)(N)CO)CC2. The van der Waals surface area contributed by atoms with Crippen LogP contribution in [0.4, 0.5) is 0 Å². The lowest BCUT2D eigenvalue weighted by molar-refractivity contribution is 0.144. The summed E-state index contributed by atoms with van der Waals surface area (Å²) in [5.41, 5.74) is 10.4. The highest BCUT2D eigenvalue weighted by Gasteiger charge is 2.30. The van der Waals surface area contributed by atoms with Gasteiger partial charge in [-0.25, -0.2) is 0 Å². The number of rotatable bonds is 9. The Hall–Kier alpha value is -0.860. The van der Waals surface area contributed by atoms with Crippen molar-refractivity contribution >= 4 is 0 Å². The van der Waals surface area contributed by atoms with E-state index in [-0.39, 0.29) is 6.61 Å². The second-order valence-electron chi connectivity index (χ2n) is 8.06. The molecule has 2 rings (SSSR count). The molecule has 1 aliphatic carbocycles. The third-order valence-electron chi connectivity index (χ3n) is 5.89. The highest BCUT2D eigenvalue weighted by molar-refractivity contribution is 5.33. The summed E-state index contributed by atoms with van der Waals surface area (Å²) in [6.45, 7) is 4.35. The van der Waals surface area contributed by atoms with Crippen LogP contribution in [0.3, 0.4) is 0 Å². The van der Waals surface area contributed by atoms with E-state index in [9.17, 15) is 5.11 Å². The summed E-state index contributed by atoms with van der Waals surface area (Å²) in [5, 5.41) is 9.55. The van der Waals surface area contributed by atoms with Gasteiger partial charge in [0.15, 0.2) is 0 Å². The molecule has 0 spiro atoms. The molecular weight excluding hydrogens is 294 g/mol. The topological polar surface area (TPSA) is 46.2 Å². The number of hydrogen-bond acceptors (Lipinski definition) is 2. The van der Waals surface area contributed by atoms with Gasteiger partial charge >= 0.3 is 0 Å².